The van der Waals surface area contributed by atoms with Gasteiger partial charge in [0.15, 0.2) is 5.78 Å². The normalized spacial score (nSPS) is 13.9. The van der Waals surface area contributed by atoms with Crippen LogP contribution in [0, 0.1) is 13.8 Å². The SMILES string of the molecule is CCOc1ccc(-n2c(C)cc(C(=O)Cn3nc(C4CC4)cc(C(F)(F)F)c3=O)c2C)cc1. The summed E-state index contributed by atoms with van der Waals surface area (Å²) in [5.41, 5.74) is 0.174. The Balaban J connectivity index is 1.67. The number of halogens is 3. The van der Waals surface area contributed by atoms with Crippen molar-refractivity contribution in [1.29, 1.82) is 0 Å². The molecule has 1 fully saturated rings. The van der Waals surface area contributed by atoms with Crippen molar-refractivity contribution in [3.8, 4) is 11.4 Å². The number of ketones is 1. The van der Waals surface area contributed by atoms with Gasteiger partial charge >= 0.3 is 6.18 Å². The molecule has 0 unspecified atom stereocenters. The number of rotatable bonds is 7. The maximum atomic E-state index is 13.4. The Bertz CT molecular complexity index is 1250. The Morgan fingerprint density at radius 2 is 1.82 bits per heavy atom. The fourth-order valence-corrected chi connectivity index (χ4v) is 3.97. The topological polar surface area (TPSA) is 66.1 Å². The highest BCUT2D eigenvalue weighted by Gasteiger charge is 2.38. The zero-order valence-electron chi connectivity index (χ0n) is 18.6. The summed E-state index contributed by atoms with van der Waals surface area (Å²) in [5.74, 6) is 0.148. The molecule has 0 N–H and O–H groups in total. The second-order valence-corrected chi connectivity index (χ2v) is 8.19. The van der Waals surface area contributed by atoms with Crippen molar-refractivity contribution in [2.75, 3.05) is 6.61 Å². The Hall–Kier alpha value is -3.36. The highest BCUT2D eigenvalue weighted by atomic mass is 19.4. The van der Waals surface area contributed by atoms with Gasteiger partial charge in [-0.25, -0.2) is 4.68 Å². The fourth-order valence-electron chi connectivity index (χ4n) is 3.97. The standard InChI is InChI=1S/C24H24F3N3O3/c1-4-33-18-9-7-17(8-10-18)30-14(2)11-19(15(30)3)22(31)13-29-23(32)20(24(25,26)27)12-21(28-29)16-5-6-16/h7-12,16H,4-6,13H2,1-3H3. The molecule has 1 saturated carbocycles. The largest absolute Gasteiger partial charge is 0.494 e. The van der Waals surface area contributed by atoms with Crippen molar-refractivity contribution in [3.05, 3.63) is 75.0 Å². The monoisotopic (exact) mass is 459 g/mol. The maximum absolute atomic E-state index is 13.4. The smallest absolute Gasteiger partial charge is 0.421 e. The van der Waals surface area contributed by atoms with E-state index in [0.717, 1.165) is 36.0 Å². The molecule has 1 aliphatic rings. The van der Waals surface area contributed by atoms with Gasteiger partial charge in [-0.05, 0) is 70.0 Å². The van der Waals surface area contributed by atoms with E-state index in [9.17, 15) is 22.8 Å². The first-order valence-corrected chi connectivity index (χ1v) is 10.7. The molecule has 1 aromatic carbocycles. The lowest BCUT2D eigenvalue weighted by Gasteiger charge is -2.13. The third kappa shape index (κ3) is 4.58. The van der Waals surface area contributed by atoms with Gasteiger partial charge < -0.3 is 9.30 Å². The first-order valence-electron chi connectivity index (χ1n) is 10.7. The number of aromatic nitrogens is 3. The predicted molar refractivity (Wildman–Crippen MR) is 116 cm³/mol. The van der Waals surface area contributed by atoms with Crippen LogP contribution in [-0.2, 0) is 12.7 Å². The summed E-state index contributed by atoms with van der Waals surface area (Å²) in [5, 5.41) is 4.08. The quantitative estimate of drug-likeness (QED) is 0.475. The van der Waals surface area contributed by atoms with Crippen LogP contribution in [0.25, 0.3) is 5.69 Å². The molecule has 0 saturated heterocycles. The van der Waals surface area contributed by atoms with E-state index < -0.39 is 29.6 Å². The van der Waals surface area contributed by atoms with Crippen molar-refractivity contribution in [1.82, 2.24) is 14.3 Å². The molecule has 174 valence electrons. The second-order valence-electron chi connectivity index (χ2n) is 8.19. The summed E-state index contributed by atoms with van der Waals surface area (Å²) < 4.78 is 48.2. The third-order valence-electron chi connectivity index (χ3n) is 5.73. The third-order valence-corrected chi connectivity index (χ3v) is 5.73. The average molecular weight is 459 g/mol. The van der Waals surface area contributed by atoms with E-state index in [2.05, 4.69) is 5.10 Å². The van der Waals surface area contributed by atoms with Gasteiger partial charge in [-0.3, -0.25) is 9.59 Å². The van der Waals surface area contributed by atoms with Gasteiger partial charge in [-0.2, -0.15) is 18.3 Å². The molecule has 0 bridgehead atoms. The van der Waals surface area contributed by atoms with Crippen LogP contribution in [0.5, 0.6) is 5.75 Å². The van der Waals surface area contributed by atoms with Crippen molar-refractivity contribution in [3.63, 3.8) is 0 Å². The van der Waals surface area contributed by atoms with E-state index in [4.69, 9.17) is 4.74 Å². The molecule has 33 heavy (non-hydrogen) atoms. The lowest BCUT2D eigenvalue weighted by atomic mass is 10.1. The number of hydrogen-bond acceptors (Lipinski definition) is 4. The summed E-state index contributed by atoms with van der Waals surface area (Å²) >= 11 is 0. The molecule has 0 aliphatic heterocycles. The van der Waals surface area contributed by atoms with Gasteiger partial charge in [0.25, 0.3) is 5.56 Å². The van der Waals surface area contributed by atoms with E-state index in [1.807, 2.05) is 42.7 Å². The molecule has 0 spiro atoms. The summed E-state index contributed by atoms with van der Waals surface area (Å²) in [6, 6.07) is 9.86. The number of carbonyl (C=O) groups excluding carboxylic acids is 1. The molecule has 2 aromatic heterocycles. The Labute approximate surface area is 188 Å². The number of aryl methyl sites for hydroxylation is 1. The van der Waals surface area contributed by atoms with Gasteiger partial charge in [0.1, 0.15) is 17.9 Å². The molecule has 2 heterocycles. The Kier molecular flexibility index (Phi) is 5.90. The Morgan fingerprint density at radius 3 is 2.39 bits per heavy atom. The predicted octanol–water partition coefficient (Wildman–Crippen LogP) is 4.83. The highest BCUT2D eigenvalue weighted by molar-refractivity contribution is 5.97. The zero-order chi connectivity index (χ0) is 23.9. The molecule has 0 amide bonds. The molecule has 1 aliphatic carbocycles. The van der Waals surface area contributed by atoms with Gasteiger partial charge in [-0.1, -0.05) is 0 Å². The number of nitrogens with zero attached hydrogens (tertiary/aromatic N) is 3. The van der Waals surface area contributed by atoms with Crippen LogP contribution in [0.1, 0.15) is 58.7 Å². The maximum Gasteiger partial charge on any atom is 0.421 e. The molecule has 3 aromatic rings. The first kappa shape index (κ1) is 22.8. The van der Waals surface area contributed by atoms with Gasteiger partial charge in [0.2, 0.25) is 0 Å². The molecule has 0 radical (unpaired) electrons. The van der Waals surface area contributed by atoms with Crippen LogP contribution in [0.4, 0.5) is 13.2 Å². The van der Waals surface area contributed by atoms with Crippen LogP contribution in [0.2, 0.25) is 0 Å². The van der Waals surface area contributed by atoms with Crippen LogP contribution in [-0.4, -0.2) is 26.7 Å². The molecular weight excluding hydrogens is 435 g/mol. The van der Waals surface area contributed by atoms with E-state index in [1.54, 1.807) is 13.0 Å². The highest BCUT2D eigenvalue weighted by Crippen LogP contribution is 2.40. The number of carbonyl (C=O) groups is 1. The van der Waals surface area contributed by atoms with Crippen molar-refractivity contribution in [2.45, 2.75) is 52.3 Å². The lowest BCUT2D eigenvalue weighted by Crippen LogP contribution is -2.33. The van der Waals surface area contributed by atoms with Gasteiger partial charge in [-0.15, -0.1) is 0 Å². The van der Waals surface area contributed by atoms with Crippen LogP contribution in [0.15, 0.2) is 41.2 Å². The summed E-state index contributed by atoms with van der Waals surface area (Å²) in [7, 11) is 0. The number of ether oxygens (including phenoxy) is 1. The number of Topliss-reactive ketones (excluding diaryl/α,β-unsaturated/α-hetero) is 1. The lowest BCUT2D eigenvalue weighted by molar-refractivity contribution is -0.139. The fraction of sp³-hybridized carbons (Fsp3) is 0.375. The molecule has 6 nitrogen and oxygen atoms in total. The van der Waals surface area contributed by atoms with E-state index >= 15 is 0 Å². The molecule has 4 rings (SSSR count). The van der Waals surface area contributed by atoms with Crippen LogP contribution in [0.3, 0.4) is 0 Å². The summed E-state index contributed by atoms with van der Waals surface area (Å²) in [4.78, 5) is 25.5. The number of benzene rings is 1. The Morgan fingerprint density at radius 1 is 1.15 bits per heavy atom. The van der Waals surface area contributed by atoms with Gasteiger partial charge in [0.05, 0.1) is 12.3 Å². The van der Waals surface area contributed by atoms with Crippen molar-refractivity contribution >= 4 is 5.78 Å². The van der Waals surface area contributed by atoms with Crippen molar-refractivity contribution in [2.24, 2.45) is 0 Å². The number of hydrogen-bond donors (Lipinski definition) is 0. The number of alkyl halides is 3. The van der Waals surface area contributed by atoms with Crippen LogP contribution < -0.4 is 10.3 Å². The molecule has 0 atom stereocenters. The minimum atomic E-state index is -4.81. The van der Waals surface area contributed by atoms with E-state index in [0.29, 0.717) is 22.5 Å². The molecular formula is C24H24F3N3O3. The minimum Gasteiger partial charge on any atom is -0.494 e. The van der Waals surface area contributed by atoms with E-state index in [-0.39, 0.29) is 11.6 Å². The second kappa shape index (κ2) is 8.53. The average Bonchev–Trinajstić information content (AvgIpc) is 3.55. The zero-order valence-corrected chi connectivity index (χ0v) is 18.6. The van der Waals surface area contributed by atoms with Gasteiger partial charge in [0, 0.05) is 28.6 Å². The van der Waals surface area contributed by atoms with Crippen molar-refractivity contribution < 1.29 is 22.7 Å². The minimum absolute atomic E-state index is 0.0993. The molecule has 9 heteroatoms. The first-order chi connectivity index (χ1) is 15.6. The van der Waals surface area contributed by atoms with Crippen LogP contribution >= 0.6 is 0 Å². The summed E-state index contributed by atoms with van der Waals surface area (Å²) in [6.07, 6.45) is -3.36. The summed E-state index contributed by atoms with van der Waals surface area (Å²) in [6.45, 7) is 5.47. The van der Waals surface area contributed by atoms with E-state index in [1.165, 1.54) is 0 Å².